The van der Waals surface area contributed by atoms with Gasteiger partial charge in [0.25, 0.3) is 17.5 Å². The zero-order valence-corrected chi connectivity index (χ0v) is 18.0. The Labute approximate surface area is 186 Å². The fraction of sp³-hybridized carbons (Fsp3) is 0.333. The second kappa shape index (κ2) is 9.21. The first-order chi connectivity index (χ1) is 15.5. The summed E-state index contributed by atoms with van der Waals surface area (Å²) in [5, 5.41) is 11.7. The van der Waals surface area contributed by atoms with Gasteiger partial charge < -0.3 is 14.8 Å². The van der Waals surface area contributed by atoms with Crippen LogP contribution in [0.2, 0.25) is 0 Å². The Morgan fingerprint density at radius 1 is 1.16 bits per heavy atom. The van der Waals surface area contributed by atoms with Gasteiger partial charge in [-0.1, -0.05) is 25.1 Å². The first kappa shape index (κ1) is 21.5. The van der Waals surface area contributed by atoms with Gasteiger partial charge in [-0.3, -0.25) is 19.7 Å². The molecule has 1 fully saturated rings. The molecule has 0 radical (unpaired) electrons. The molecule has 32 heavy (non-hydrogen) atoms. The van der Waals surface area contributed by atoms with E-state index in [-0.39, 0.29) is 23.5 Å². The number of nitrogens with zero attached hydrogens (tertiary/aromatic N) is 3. The number of piperidine rings is 1. The van der Waals surface area contributed by atoms with Crippen LogP contribution in [0.25, 0.3) is 10.9 Å². The highest BCUT2D eigenvalue weighted by Crippen LogP contribution is 2.27. The number of hydrogen-bond donors (Lipinski definition) is 1. The smallest absolute Gasteiger partial charge is 0.270 e. The van der Waals surface area contributed by atoms with E-state index < -0.39 is 4.92 Å². The molecule has 166 valence electrons. The third-order valence-electron chi connectivity index (χ3n) is 6.05. The second-order valence-corrected chi connectivity index (χ2v) is 8.08. The van der Waals surface area contributed by atoms with Gasteiger partial charge in [0.1, 0.15) is 0 Å². The lowest BCUT2D eigenvalue weighted by Crippen LogP contribution is -2.49. The predicted molar refractivity (Wildman–Crippen MR) is 122 cm³/mol. The van der Waals surface area contributed by atoms with Crippen LogP contribution in [0.4, 0.5) is 5.69 Å². The monoisotopic (exact) mass is 434 g/mol. The van der Waals surface area contributed by atoms with Gasteiger partial charge in [0, 0.05) is 60.5 Å². The van der Waals surface area contributed by atoms with E-state index in [1.54, 1.807) is 12.3 Å². The number of fused-ring (bicyclic) bond motifs is 1. The third kappa shape index (κ3) is 4.21. The van der Waals surface area contributed by atoms with Crippen LogP contribution in [0.5, 0.6) is 0 Å². The first-order valence-electron chi connectivity index (χ1n) is 10.9. The number of hydrogen-bond acceptors (Lipinski definition) is 4. The van der Waals surface area contributed by atoms with Gasteiger partial charge >= 0.3 is 0 Å². The number of nitrogens with one attached hydrogen (secondary N) is 1. The topological polar surface area (TPSA) is 99.5 Å². The molecule has 0 unspecified atom stereocenters. The van der Waals surface area contributed by atoms with Crippen LogP contribution in [-0.4, -0.2) is 57.2 Å². The van der Waals surface area contributed by atoms with Crippen molar-refractivity contribution in [2.24, 2.45) is 0 Å². The number of benzene rings is 2. The average molecular weight is 434 g/mol. The van der Waals surface area contributed by atoms with Crippen molar-refractivity contribution in [3.05, 3.63) is 76.0 Å². The number of H-pyrrole nitrogens is 1. The molecular formula is C24H26N4O4. The normalized spacial score (nSPS) is 14.5. The number of non-ortho nitro benzene ring substituents is 1. The standard InChI is InChI=1S/C24H26N4O4/c1-2-12-27(18-10-13-26(14-11-18)23(29)17-6-4-3-5-7-17)24(30)21-16-25-22-9-8-19(28(31)32)15-20(21)22/h3-9,15-16,18,25H,2,10-14H2,1H3. The van der Waals surface area contributed by atoms with Crippen LogP contribution < -0.4 is 0 Å². The molecule has 1 aliphatic heterocycles. The fourth-order valence-electron chi connectivity index (χ4n) is 4.39. The van der Waals surface area contributed by atoms with Crippen molar-refractivity contribution < 1.29 is 14.5 Å². The molecule has 1 aliphatic rings. The summed E-state index contributed by atoms with van der Waals surface area (Å²) >= 11 is 0. The maximum atomic E-state index is 13.5. The number of carbonyl (C=O) groups is 2. The van der Waals surface area contributed by atoms with E-state index in [0.29, 0.717) is 54.5 Å². The Bertz CT molecular complexity index is 1130. The van der Waals surface area contributed by atoms with Gasteiger partial charge in [-0.15, -0.1) is 0 Å². The van der Waals surface area contributed by atoms with E-state index in [1.165, 1.54) is 12.1 Å². The van der Waals surface area contributed by atoms with Crippen molar-refractivity contribution in [1.82, 2.24) is 14.8 Å². The molecule has 0 spiro atoms. The molecule has 1 saturated heterocycles. The molecule has 0 saturated carbocycles. The molecule has 0 aliphatic carbocycles. The SMILES string of the molecule is CCCN(C(=O)c1c[nH]c2ccc([N+](=O)[O-])cc12)C1CCN(C(=O)c2ccccc2)CC1. The van der Waals surface area contributed by atoms with Crippen molar-refractivity contribution in [2.75, 3.05) is 19.6 Å². The van der Waals surface area contributed by atoms with Crippen molar-refractivity contribution in [2.45, 2.75) is 32.2 Å². The van der Waals surface area contributed by atoms with E-state index in [4.69, 9.17) is 0 Å². The molecule has 8 nitrogen and oxygen atoms in total. The predicted octanol–water partition coefficient (Wildman–Crippen LogP) is 4.23. The highest BCUT2D eigenvalue weighted by molar-refractivity contribution is 6.07. The summed E-state index contributed by atoms with van der Waals surface area (Å²) in [5.74, 6) is -0.118. The lowest BCUT2D eigenvalue weighted by molar-refractivity contribution is -0.384. The Kier molecular flexibility index (Phi) is 6.20. The van der Waals surface area contributed by atoms with Crippen LogP contribution in [0, 0.1) is 10.1 Å². The Balaban J connectivity index is 1.51. The summed E-state index contributed by atoms with van der Waals surface area (Å²) in [6.45, 7) is 3.79. The van der Waals surface area contributed by atoms with E-state index in [0.717, 1.165) is 6.42 Å². The molecule has 0 atom stereocenters. The maximum absolute atomic E-state index is 13.5. The molecule has 0 bridgehead atoms. The summed E-state index contributed by atoms with van der Waals surface area (Å²) < 4.78 is 0. The van der Waals surface area contributed by atoms with Gasteiger partial charge in [-0.25, -0.2) is 0 Å². The van der Waals surface area contributed by atoms with Crippen LogP contribution in [0.1, 0.15) is 46.9 Å². The summed E-state index contributed by atoms with van der Waals surface area (Å²) in [5.41, 5.74) is 1.77. The van der Waals surface area contributed by atoms with Crippen molar-refractivity contribution >= 4 is 28.4 Å². The minimum Gasteiger partial charge on any atom is -0.360 e. The molecule has 2 aromatic carbocycles. The summed E-state index contributed by atoms with van der Waals surface area (Å²) in [6.07, 6.45) is 3.84. The van der Waals surface area contributed by atoms with E-state index in [2.05, 4.69) is 4.98 Å². The minimum absolute atomic E-state index is 0.0151. The summed E-state index contributed by atoms with van der Waals surface area (Å²) in [4.78, 5) is 43.7. The highest BCUT2D eigenvalue weighted by Gasteiger charge is 2.31. The largest absolute Gasteiger partial charge is 0.360 e. The number of aromatic amines is 1. The Morgan fingerprint density at radius 3 is 2.53 bits per heavy atom. The minimum atomic E-state index is -0.454. The number of carbonyl (C=O) groups excluding carboxylic acids is 2. The first-order valence-corrected chi connectivity index (χ1v) is 10.9. The molecule has 2 amide bonds. The number of nitro groups is 1. The van der Waals surface area contributed by atoms with Gasteiger partial charge in [0.2, 0.25) is 0 Å². The zero-order valence-electron chi connectivity index (χ0n) is 18.0. The number of amides is 2. The van der Waals surface area contributed by atoms with Crippen molar-refractivity contribution in [3.8, 4) is 0 Å². The number of rotatable bonds is 6. The fourth-order valence-corrected chi connectivity index (χ4v) is 4.39. The van der Waals surface area contributed by atoms with Crippen LogP contribution in [0.15, 0.2) is 54.7 Å². The second-order valence-electron chi connectivity index (χ2n) is 8.08. The van der Waals surface area contributed by atoms with Crippen molar-refractivity contribution in [3.63, 3.8) is 0 Å². The van der Waals surface area contributed by atoms with E-state index in [1.807, 2.05) is 47.1 Å². The quantitative estimate of drug-likeness (QED) is 0.463. The Hall–Kier alpha value is -3.68. The molecule has 2 heterocycles. The van der Waals surface area contributed by atoms with Gasteiger partial charge in [-0.05, 0) is 37.5 Å². The molecule has 4 rings (SSSR count). The highest BCUT2D eigenvalue weighted by atomic mass is 16.6. The number of aromatic nitrogens is 1. The third-order valence-corrected chi connectivity index (χ3v) is 6.05. The van der Waals surface area contributed by atoms with Crippen LogP contribution in [0.3, 0.4) is 0 Å². The lowest BCUT2D eigenvalue weighted by atomic mass is 10.0. The van der Waals surface area contributed by atoms with Gasteiger partial charge in [0.05, 0.1) is 10.5 Å². The zero-order chi connectivity index (χ0) is 22.7. The molecule has 1 aromatic heterocycles. The molecule has 3 aromatic rings. The van der Waals surface area contributed by atoms with Crippen LogP contribution >= 0.6 is 0 Å². The summed E-state index contributed by atoms with van der Waals surface area (Å²) in [6, 6.07) is 13.8. The van der Waals surface area contributed by atoms with Gasteiger partial charge in [-0.2, -0.15) is 0 Å². The maximum Gasteiger partial charge on any atom is 0.270 e. The van der Waals surface area contributed by atoms with Crippen LogP contribution in [-0.2, 0) is 0 Å². The van der Waals surface area contributed by atoms with E-state index >= 15 is 0 Å². The number of nitro benzene ring substituents is 1. The molecular weight excluding hydrogens is 408 g/mol. The van der Waals surface area contributed by atoms with E-state index in [9.17, 15) is 19.7 Å². The average Bonchev–Trinajstić information content (AvgIpc) is 3.25. The molecule has 8 heteroatoms. The lowest BCUT2D eigenvalue weighted by Gasteiger charge is -2.38. The molecule has 1 N–H and O–H groups in total. The number of likely N-dealkylation sites (tertiary alicyclic amines) is 1. The van der Waals surface area contributed by atoms with Crippen molar-refractivity contribution in [1.29, 1.82) is 0 Å². The van der Waals surface area contributed by atoms with Gasteiger partial charge in [0.15, 0.2) is 0 Å². The Morgan fingerprint density at radius 2 is 1.88 bits per heavy atom. The summed E-state index contributed by atoms with van der Waals surface area (Å²) in [7, 11) is 0.